The zero-order valence-electron chi connectivity index (χ0n) is 12.1. The van der Waals surface area contributed by atoms with Crippen molar-refractivity contribution in [3.63, 3.8) is 0 Å². The van der Waals surface area contributed by atoms with Crippen LogP contribution in [0.4, 0.5) is 0 Å². The van der Waals surface area contributed by atoms with Gasteiger partial charge >= 0.3 is 0 Å². The van der Waals surface area contributed by atoms with E-state index < -0.39 is 18.0 Å². The first-order chi connectivity index (χ1) is 8.99. The fraction of sp³-hybridized carbons (Fsp3) is 1.00. The summed E-state index contributed by atoms with van der Waals surface area (Å²) >= 11 is 0. The Morgan fingerprint density at radius 3 is 2.68 bits per heavy atom. The molecule has 1 aliphatic rings. The van der Waals surface area contributed by atoms with Gasteiger partial charge in [-0.05, 0) is 12.3 Å². The van der Waals surface area contributed by atoms with E-state index in [4.69, 9.17) is 14.3 Å². The Morgan fingerprint density at radius 1 is 1.37 bits per heavy atom. The van der Waals surface area contributed by atoms with Gasteiger partial charge in [-0.15, -0.1) is 0 Å². The van der Waals surface area contributed by atoms with Gasteiger partial charge in [0.05, 0.1) is 12.7 Å². The molecular formula is C13H27NO5. The normalized spacial score (nSPS) is 31.9. The summed E-state index contributed by atoms with van der Waals surface area (Å²) in [5.74, 6) is -0.497. The zero-order valence-corrected chi connectivity index (χ0v) is 12.1. The Hall–Kier alpha value is -0.240. The largest absolute Gasteiger partial charge is 0.390 e. The topological polar surface area (TPSA) is 80.2 Å². The average Bonchev–Trinajstić information content (AvgIpc) is 2.33. The molecule has 1 fully saturated rings. The lowest BCUT2D eigenvalue weighted by Crippen LogP contribution is -2.53. The molecule has 6 heteroatoms. The first-order valence-corrected chi connectivity index (χ1v) is 6.89. The molecule has 1 aliphatic heterocycles. The number of aliphatic hydroxyl groups is 2. The molecule has 0 amide bonds. The predicted molar refractivity (Wildman–Crippen MR) is 70.3 cm³/mol. The summed E-state index contributed by atoms with van der Waals surface area (Å²) in [6.45, 7) is 5.53. The lowest BCUT2D eigenvalue weighted by molar-refractivity contribution is -0.319. The van der Waals surface area contributed by atoms with E-state index in [0.29, 0.717) is 25.5 Å². The highest BCUT2D eigenvalue weighted by Crippen LogP contribution is 2.32. The highest BCUT2D eigenvalue weighted by molar-refractivity contribution is 4.84. The standard InChI is InChI=1S/C13H27NO5/c1-10(2)7-13(19-14-5-4-6-17-3)8-11(15)12(16)9-18-13/h10-12,14-16H,4-9H2,1-3H3/t11-,12+,13+/m0/s1. The first kappa shape index (κ1) is 16.8. The third-order valence-corrected chi connectivity index (χ3v) is 3.09. The van der Waals surface area contributed by atoms with Crippen molar-refractivity contribution in [2.45, 2.75) is 51.1 Å². The lowest BCUT2D eigenvalue weighted by atomic mass is 9.93. The van der Waals surface area contributed by atoms with Crippen LogP contribution in [0.2, 0.25) is 0 Å². The van der Waals surface area contributed by atoms with E-state index in [2.05, 4.69) is 19.3 Å². The smallest absolute Gasteiger partial charge is 0.190 e. The minimum atomic E-state index is -0.861. The van der Waals surface area contributed by atoms with Gasteiger partial charge in [-0.3, -0.25) is 4.84 Å². The maximum atomic E-state index is 9.81. The summed E-state index contributed by atoms with van der Waals surface area (Å²) < 4.78 is 10.6. The van der Waals surface area contributed by atoms with Gasteiger partial charge in [0.25, 0.3) is 0 Å². The van der Waals surface area contributed by atoms with E-state index >= 15 is 0 Å². The van der Waals surface area contributed by atoms with Crippen molar-refractivity contribution in [1.82, 2.24) is 5.48 Å². The average molecular weight is 277 g/mol. The second kappa shape index (κ2) is 8.14. The van der Waals surface area contributed by atoms with Crippen molar-refractivity contribution in [1.29, 1.82) is 0 Å². The first-order valence-electron chi connectivity index (χ1n) is 6.89. The van der Waals surface area contributed by atoms with Crippen molar-refractivity contribution in [3.8, 4) is 0 Å². The summed E-state index contributed by atoms with van der Waals surface area (Å²) in [7, 11) is 1.66. The second-order valence-corrected chi connectivity index (χ2v) is 5.50. The van der Waals surface area contributed by atoms with Crippen LogP contribution in [0, 0.1) is 5.92 Å². The van der Waals surface area contributed by atoms with Crippen molar-refractivity contribution in [2.24, 2.45) is 5.92 Å². The van der Waals surface area contributed by atoms with Gasteiger partial charge in [0, 0.05) is 33.1 Å². The number of nitrogens with one attached hydrogen (secondary N) is 1. The van der Waals surface area contributed by atoms with Crippen LogP contribution in [0.15, 0.2) is 0 Å². The van der Waals surface area contributed by atoms with Crippen LogP contribution in [0.3, 0.4) is 0 Å². The number of methoxy groups -OCH3 is 1. The summed E-state index contributed by atoms with van der Waals surface area (Å²) in [4.78, 5) is 5.65. The summed E-state index contributed by atoms with van der Waals surface area (Å²) in [5.41, 5.74) is 2.87. The van der Waals surface area contributed by atoms with Crippen molar-refractivity contribution >= 4 is 0 Å². The summed E-state index contributed by atoms with van der Waals surface area (Å²) in [6.07, 6.45) is 0.113. The molecular weight excluding hydrogens is 250 g/mol. The monoisotopic (exact) mass is 277 g/mol. The molecule has 3 N–H and O–H groups in total. The molecule has 0 unspecified atom stereocenters. The molecule has 1 saturated heterocycles. The quantitative estimate of drug-likeness (QED) is 0.441. The number of rotatable bonds is 8. The van der Waals surface area contributed by atoms with E-state index in [1.165, 1.54) is 0 Å². The van der Waals surface area contributed by atoms with Gasteiger partial charge in [0.1, 0.15) is 6.10 Å². The van der Waals surface area contributed by atoms with E-state index in [-0.39, 0.29) is 13.0 Å². The Morgan fingerprint density at radius 2 is 2.11 bits per heavy atom. The molecule has 0 saturated carbocycles. The third-order valence-electron chi connectivity index (χ3n) is 3.09. The van der Waals surface area contributed by atoms with Gasteiger partial charge in [-0.1, -0.05) is 13.8 Å². The Balaban J connectivity index is 2.46. The summed E-state index contributed by atoms with van der Waals surface area (Å²) in [5, 5.41) is 19.3. The number of ether oxygens (including phenoxy) is 2. The van der Waals surface area contributed by atoms with Crippen molar-refractivity contribution in [2.75, 3.05) is 26.9 Å². The van der Waals surface area contributed by atoms with Crippen LogP contribution < -0.4 is 5.48 Å². The van der Waals surface area contributed by atoms with E-state index in [0.717, 1.165) is 6.42 Å². The molecule has 0 bridgehead atoms. The van der Waals surface area contributed by atoms with Crippen molar-refractivity contribution in [3.05, 3.63) is 0 Å². The summed E-state index contributed by atoms with van der Waals surface area (Å²) in [6, 6.07) is 0. The zero-order chi connectivity index (χ0) is 14.3. The molecule has 3 atom stereocenters. The molecule has 114 valence electrons. The van der Waals surface area contributed by atoms with Crippen molar-refractivity contribution < 1.29 is 24.5 Å². The second-order valence-electron chi connectivity index (χ2n) is 5.50. The Bertz CT molecular complexity index is 251. The van der Waals surface area contributed by atoms with Gasteiger partial charge in [0.15, 0.2) is 5.79 Å². The number of hydrogen-bond donors (Lipinski definition) is 3. The Kier molecular flexibility index (Phi) is 7.20. The maximum absolute atomic E-state index is 9.81. The van der Waals surface area contributed by atoms with Crippen LogP contribution in [-0.2, 0) is 14.3 Å². The Labute approximate surface area is 115 Å². The van der Waals surface area contributed by atoms with E-state index in [9.17, 15) is 10.2 Å². The number of hydroxylamine groups is 1. The van der Waals surface area contributed by atoms with Gasteiger partial charge in [-0.25, -0.2) is 0 Å². The number of aliphatic hydroxyl groups excluding tert-OH is 2. The van der Waals surface area contributed by atoms with Gasteiger partial charge < -0.3 is 19.7 Å². The minimum absolute atomic E-state index is 0.0909. The van der Waals surface area contributed by atoms with E-state index in [1.807, 2.05) is 0 Å². The van der Waals surface area contributed by atoms with Crippen LogP contribution in [0.5, 0.6) is 0 Å². The fourth-order valence-electron chi connectivity index (χ4n) is 2.21. The SMILES string of the molecule is COCCCNO[C@]1(CC(C)C)C[C@H](O)[C@H](O)CO1. The minimum Gasteiger partial charge on any atom is -0.390 e. The van der Waals surface area contributed by atoms with Gasteiger partial charge in [0.2, 0.25) is 0 Å². The van der Waals surface area contributed by atoms with Gasteiger partial charge in [-0.2, -0.15) is 5.48 Å². The molecule has 1 heterocycles. The highest BCUT2D eigenvalue weighted by Gasteiger charge is 2.42. The third kappa shape index (κ3) is 5.72. The molecule has 19 heavy (non-hydrogen) atoms. The fourth-order valence-corrected chi connectivity index (χ4v) is 2.21. The van der Waals surface area contributed by atoms with Crippen LogP contribution in [0.25, 0.3) is 0 Å². The van der Waals surface area contributed by atoms with E-state index in [1.54, 1.807) is 7.11 Å². The lowest BCUT2D eigenvalue weighted by Gasteiger charge is -2.41. The molecule has 1 rings (SSSR count). The molecule has 0 aromatic carbocycles. The predicted octanol–water partition coefficient (Wildman–Crippen LogP) is 0.429. The molecule has 6 nitrogen and oxygen atoms in total. The number of hydrogen-bond acceptors (Lipinski definition) is 6. The van der Waals surface area contributed by atoms with Crippen LogP contribution >= 0.6 is 0 Å². The highest BCUT2D eigenvalue weighted by atomic mass is 16.8. The molecule has 0 aromatic heterocycles. The van der Waals surface area contributed by atoms with Crippen LogP contribution in [-0.4, -0.2) is 55.1 Å². The maximum Gasteiger partial charge on any atom is 0.190 e. The molecule has 0 aromatic rings. The molecule has 0 radical (unpaired) electrons. The molecule has 0 aliphatic carbocycles. The molecule has 0 spiro atoms. The van der Waals surface area contributed by atoms with Crippen LogP contribution in [0.1, 0.15) is 33.1 Å².